The van der Waals surface area contributed by atoms with E-state index in [1.165, 1.54) is 0 Å². The molecule has 6 heteroatoms. The second kappa shape index (κ2) is 7.40. The molecule has 0 fully saturated rings. The number of ether oxygens (including phenoxy) is 2. The molecule has 1 atom stereocenters. The van der Waals surface area contributed by atoms with E-state index in [0.717, 1.165) is 35.1 Å². The molecule has 0 saturated heterocycles. The first kappa shape index (κ1) is 17.5. The maximum atomic E-state index is 10.1. The van der Waals surface area contributed by atoms with Gasteiger partial charge in [0.05, 0.1) is 19.3 Å². The number of aliphatic hydroxyl groups is 1. The summed E-state index contributed by atoms with van der Waals surface area (Å²) in [5, 5.41) is 14.3. The molecule has 1 aliphatic rings. The zero-order valence-electron chi connectivity index (χ0n) is 15.4. The van der Waals surface area contributed by atoms with Crippen molar-refractivity contribution in [2.45, 2.75) is 32.8 Å². The number of aliphatic hydroxyl groups excluding tert-OH is 1. The van der Waals surface area contributed by atoms with Crippen LogP contribution < -0.4 is 9.47 Å². The Morgan fingerprint density at radius 2 is 1.93 bits per heavy atom. The van der Waals surface area contributed by atoms with Crippen molar-refractivity contribution in [2.75, 3.05) is 13.2 Å². The second-order valence-corrected chi connectivity index (χ2v) is 6.38. The van der Waals surface area contributed by atoms with E-state index in [1.807, 2.05) is 50.2 Å². The van der Waals surface area contributed by atoms with Crippen LogP contribution in [0.25, 0.3) is 22.8 Å². The third-order valence-electron chi connectivity index (χ3n) is 4.70. The Bertz CT molecular complexity index is 951. The Kier molecular flexibility index (Phi) is 4.81. The van der Waals surface area contributed by atoms with Gasteiger partial charge in [-0.15, -0.1) is 0 Å². The monoisotopic (exact) mass is 366 g/mol. The van der Waals surface area contributed by atoms with Crippen molar-refractivity contribution in [3.8, 4) is 34.3 Å². The molecular weight excluding hydrogens is 344 g/mol. The molecule has 4 rings (SSSR count). The number of benzene rings is 2. The average Bonchev–Trinajstić information content (AvgIpc) is 3.31. The number of fused-ring (bicyclic) bond motifs is 1. The first-order valence-electron chi connectivity index (χ1n) is 9.25. The quantitative estimate of drug-likeness (QED) is 0.705. The average molecular weight is 366 g/mol. The smallest absolute Gasteiger partial charge is 0.258 e. The second-order valence-electron chi connectivity index (χ2n) is 6.38. The molecule has 2 aromatic carbocycles. The van der Waals surface area contributed by atoms with Crippen molar-refractivity contribution in [1.29, 1.82) is 0 Å². The Morgan fingerprint density at radius 3 is 2.74 bits per heavy atom. The fourth-order valence-electron chi connectivity index (χ4n) is 3.48. The highest BCUT2D eigenvalue weighted by Crippen LogP contribution is 2.38. The highest BCUT2D eigenvalue weighted by molar-refractivity contribution is 5.66. The maximum Gasteiger partial charge on any atom is 0.258 e. The van der Waals surface area contributed by atoms with Gasteiger partial charge in [0.1, 0.15) is 0 Å². The van der Waals surface area contributed by atoms with E-state index in [1.54, 1.807) is 0 Å². The van der Waals surface area contributed by atoms with Crippen molar-refractivity contribution >= 4 is 0 Å². The summed E-state index contributed by atoms with van der Waals surface area (Å²) in [6.45, 7) is 4.97. The van der Waals surface area contributed by atoms with E-state index in [4.69, 9.17) is 14.0 Å². The van der Waals surface area contributed by atoms with E-state index >= 15 is 0 Å². The number of hydrogen-bond acceptors (Lipinski definition) is 6. The lowest BCUT2D eigenvalue weighted by atomic mass is 10.0. The molecule has 0 amide bonds. The van der Waals surface area contributed by atoms with Crippen LogP contribution in [0, 0.1) is 0 Å². The molecule has 0 spiro atoms. The highest BCUT2D eigenvalue weighted by Gasteiger charge is 2.25. The van der Waals surface area contributed by atoms with Crippen LogP contribution in [0.5, 0.6) is 11.5 Å². The summed E-state index contributed by atoms with van der Waals surface area (Å²) in [4.78, 5) is 4.57. The van der Waals surface area contributed by atoms with Crippen LogP contribution in [0.15, 0.2) is 40.9 Å². The molecule has 0 aliphatic heterocycles. The fraction of sp³-hybridized carbons (Fsp3) is 0.333. The Morgan fingerprint density at radius 1 is 1.11 bits per heavy atom. The van der Waals surface area contributed by atoms with E-state index in [-0.39, 0.29) is 0 Å². The minimum Gasteiger partial charge on any atom is -0.490 e. The lowest BCUT2D eigenvalue weighted by Gasteiger charge is -2.11. The molecule has 0 saturated carbocycles. The summed E-state index contributed by atoms with van der Waals surface area (Å²) in [6.07, 6.45) is 1.13. The molecular formula is C21H22N2O4. The van der Waals surface area contributed by atoms with Gasteiger partial charge in [0, 0.05) is 11.1 Å². The molecule has 3 aromatic rings. The normalized spacial score (nSPS) is 15.6. The Labute approximate surface area is 157 Å². The van der Waals surface area contributed by atoms with Crippen molar-refractivity contribution in [2.24, 2.45) is 0 Å². The van der Waals surface area contributed by atoms with E-state index < -0.39 is 6.10 Å². The summed E-state index contributed by atoms with van der Waals surface area (Å²) in [5.74, 6) is 2.30. The molecule has 1 heterocycles. The predicted molar refractivity (Wildman–Crippen MR) is 101 cm³/mol. The molecule has 0 radical (unpaired) electrons. The Hall–Kier alpha value is -2.86. The van der Waals surface area contributed by atoms with Gasteiger partial charge in [0.15, 0.2) is 11.5 Å². The largest absolute Gasteiger partial charge is 0.490 e. The third kappa shape index (κ3) is 3.28. The van der Waals surface area contributed by atoms with Crippen LogP contribution in [-0.2, 0) is 6.42 Å². The van der Waals surface area contributed by atoms with Gasteiger partial charge in [0.2, 0.25) is 5.82 Å². The fourth-order valence-corrected chi connectivity index (χ4v) is 3.48. The number of nitrogens with zero attached hydrogens (tertiary/aromatic N) is 2. The van der Waals surface area contributed by atoms with Crippen LogP contribution in [-0.4, -0.2) is 28.5 Å². The molecule has 1 aliphatic carbocycles. The SMILES string of the molecule is CCOc1ccc(-c2nc(-c3cccc4c3CCC4O)no2)cc1OCC. The summed E-state index contributed by atoms with van der Waals surface area (Å²) in [7, 11) is 0. The molecule has 140 valence electrons. The minimum absolute atomic E-state index is 0.411. The molecule has 1 N–H and O–H groups in total. The number of hydrogen-bond donors (Lipinski definition) is 1. The molecule has 1 unspecified atom stereocenters. The third-order valence-corrected chi connectivity index (χ3v) is 4.70. The Balaban J connectivity index is 1.69. The standard InChI is InChI=1S/C21H22N2O4/c1-3-25-18-11-8-13(12-19(18)26-4-2)21-22-20(23-27-21)16-7-5-6-15-14(16)9-10-17(15)24/h5-8,11-12,17,24H,3-4,9-10H2,1-2H3. The van der Waals surface area contributed by atoms with Gasteiger partial charge >= 0.3 is 0 Å². The lowest BCUT2D eigenvalue weighted by molar-refractivity contribution is 0.180. The van der Waals surface area contributed by atoms with Crippen molar-refractivity contribution in [3.05, 3.63) is 47.5 Å². The van der Waals surface area contributed by atoms with Gasteiger partial charge in [-0.25, -0.2) is 0 Å². The van der Waals surface area contributed by atoms with E-state index in [0.29, 0.717) is 36.4 Å². The topological polar surface area (TPSA) is 77.6 Å². The van der Waals surface area contributed by atoms with E-state index in [9.17, 15) is 5.11 Å². The van der Waals surface area contributed by atoms with Crippen molar-refractivity contribution in [3.63, 3.8) is 0 Å². The summed E-state index contributed by atoms with van der Waals surface area (Å²) < 4.78 is 16.8. The van der Waals surface area contributed by atoms with Crippen molar-refractivity contribution in [1.82, 2.24) is 10.1 Å². The van der Waals surface area contributed by atoms with Gasteiger partial charge in [-0.1, -0.05) is 23.4 Å². The first-order valence-corrected chi connectivity index (χ1v) is 9.25. The van der Waals surface area contributed by atoms with Crippen LogP contribution in [0.4, 0.5) is 0 Å². The van der Waals surface area contributed by atoms with Gasteiger partial charge in [-0.3, -0.25) is 0 Å². The van der Waals surface area contributed by atoms with Gasteiger partial charge in [-0.05, 0) is 56.0 Å². The van der Waals surface area contributed by atoms with Crippen LogP contribution in [0.3, 0.4) is 0 Å². The summed E-state index contributed by atoms with van der Waals surface area (Å²) in [6, 6.07) is 11.4. The van der Waals surface area contributed by atoms with Crippen LogP contribution in [0.1, 0.15) is 37.5 Å². The van der Waals surface area contributed by atoms with Crippen molar-refractivity contribution < 1.29 is 19.1 Å². The number of aromatic nitrogens is 2. The van der Waals surface area contributed by atoms with Crippen LogP contribution in [0.2, 0.25) is 0 Å². The molecule has 6 nitrogen and oxygen atoms in total. The molecule has 1 aromatic heterocycles. The van der Waals surface area contributed by atoms with Gasteiger partial charge < -0.3 is 19.1 Å². The highest BCUT2D eigenvalue weighted by atomic mass is 16.5. The van der Waals surface area contributed by atoms with Crippen LogP contribution >= 0.6 is 0 Å². The zero-order valence-corrected chi connectivity index (χ0v) is 15.4. The minimum atomic E-state index is -0.411. The maximum absolute atomic E-state index is 10.1. The molecule has 0 bridgehead atoms. The zero-order chi connectivity index (χ0) is 18.8. The van der Waals surface area contributed by atoms with E-state index in [2.05, 4.69) is 10.1 Å². The predicted octanol–water partition coefficient (Wildman–Crippen LogP) is 4.18. The summed E-state index contributed by atoms with van der Waals surface area (Å²) in [5.41, 5.74) is 3.74. The summed E-state index contributed by atoms with van der Waals surface area (Å²) >= 11 is 0. The number of rotatable bonds is 6. The first-order chi connectivity index (χ1) is 13.2. The van der Waals surface area contributed by atoms with Gasteiger partial charge in [0.25, 0.3) is 5.89 Å². The lowest BCUT2D eigenvalue weighted by Crippen LogP contribution is -1.98. The van der Waals surface area contributed by atoms with Gasteiger partial charge in [-0.2, -0.15) is 4.98 Å². The molecule has 27 heavy (non-hydrogen) atoms.